The van der Waals surface area contributed by atoms with Crippen molar-refractivity contribution in [3.8, 4) is 0 Å². The van der Waals surface area contributed by atoms with Crippen LogP contribution in [0.2, 0.25) is 0 Å². The van der Waals surface area contributed by atoms with Gasteiger partial charge in [0.1, 0.15) is 5.82 Å². The Labute approximate surface area is 166 Å². The lowest BCUT2D eigenvalue weighted by molar-refractivity contribution is 0.0638. The minimum absolute atomic E-state index is 0.0276. The lowest BCUT2D eigenvalue weighted by Crippen LogP contribution is -2.49. The van der Waals surface area contributed by atoms with Crippen LogP contribution in [0, 0.1) is 0 Å². The van der Waals surface area contributed by atoms with E-state index < -0.39 is 0 Å². The number of carbonyl (C=O) groups excluding carboxylic acids is 1. The summed E-state index contributed by atoms with van der Waals surface area (Å²) in [5.41, 5.74) is 1.08. The summed E-state index contributed by atoms with van der Waals surface area (Å²) < 4.78 is 5.27. The van der Waals surface area contributed by atoms with Gasteiger partial charge in [-0.25, -0.2) is 0 Å². The SMILES string of the molecule is O=C(c1ccco1)N1CCN(/C(=C\C2CCCCN2)Nc2ccccc2)CC1. The van der Waals surface area contributed by atoms with Crippen molar-refractivity contribution in [3.63, 3.8) is 0 Å². The van der Waals surface area contributed by atoms with Crippen molar-refractivity contribution < 1.29 is 9.21 Å². The van der Waals surface area contributed by atoms with Crippen molar-refractivity contribution in [2.24, 2.45) is 0 Å². The number of anilines is 1. The molecule has 1 amide bonds. The molecule has 1 unspecified atom stereocenters. The van der Waals surface area contributed by atoms with Gasteiger partial charge in [0.15, 0.2) is 5.76 Å². The summed E-state index contributed by atoms with van der Waals surface area (Å²) in [5.74, 6) is 1.51. The molecule has 28 heavy (non-hydrogen) atoms. The van der Waals surface area contributed by atoms with E-state index in [0.29, 0.717) is 24.9 Å². The summed E-state index contributed by atoms with van der Waals surface area (Å²) in [6.07, 6.45) is 7.54. The Morgan fingerprint density at radius 2 is 1.82 bits per heavy atom. The summed E-state index contributed by atoms with van der Waals surface area (Å²) in [6.45, 7) is 4.04. The van der Waals surface area contributed by atoms with E-state index in [2.05, 4.69) is 33.7 Å². The Hall–Kier alpha value is -2.73. The number of piperidine rings is 1. The molecule has 2 aliphatic rings. The largest absolute Gasteiger partial charge is 0.459 e. The molecule has 1 atom stereocenters. The molecule has 0 aliphatic carbocycles. The number of nitrogens with one attached hydrogen (secondary N) is 2. The van der Waals surface area contributed by atoms with Gasteiger partial charge in [-0.15, -0.1) is 0 Å². The average Bonchev–Trinajstić information content (AvgIpc) is 3.29. The molecule has 0 saturated carbocycles. The molecule has 2 aromatic rings. The minimum Gasteiger partial charge on any atom is -0.459 e. The van der Waals surface area contributed by atoms with E-state index in [-0.39, 0.29) is 5.91 Å². The van der Waals surface area contributed by atoms with Gasteiger partial charge in [0.05, 0.1) is 6.26 Å². The second kappa shape index (κ2) is 8.97. The topological polar surface area (TPSA) is 60.8 Å². The molecule has 148 valence electrons. The fourth-order valence-corrected chi connectivity index (χ4v) is 3.81. The summed E-state index contributed by atoms with van der Waals surface area (Å²) in [4.78, 5) is 16.7. The first-order chi connectivity index (χ1) is 13.8. The zero-order valence-electron chi connectivity index (χ0n) is 16.1. The van der Waals surface area contributed by atoms with Gasteiger partial charge >= 0.3 is 0 Å². The van der Waals surface area contributed by atoms with E-state index >= 15 is 0 Å². The fourth-order valence-electron chi connectivity index (χ4n) is 3.81. The average molecular weight is 380 g/mol. The maximum absolute atomic E-state index is 12.5. The summed E-state index contributed by atoms with van der Waals surface area (Å²) >= 11 is 0. The van der Waals surface area contributed by atoms with E-state index in [1.807, 2.05) is 23.1 Å². The maximum atomic E-state index is 12.5. The molecular weight excluding hydrogens is 352 g/mol. The van der Waals surface area contributed by atoms with E-state index in [1.165, 1.54) is 12.8 Å². The Balaban J connectivity index is 1.44. The standard InChI is InChI=1S/C22H28N4O2/c27-22(20-10-6-16-28-20)26-14-12-25(13-15-26)21(17-19-9-4-5-11-23-19)24-18-7-2-1-3-8-18/h1-3,6-8,10,16-17,19,23-24H,4-5,9,11-15H2/b21-17-. The van der Waals surface area contributed by atoms with Crippen LogP contribution >= 0.6 is 0 Å². The first kappa shape index (κ1) is 18.6. The Morgan fingerprint density at radius 3 is 2.50 bits per heavy atom. The maximum Gasteiger partial charge on any atom is 0.289 e. The van der Waals surface area contributed by atoms with Crippen molar-refractivity contribution in [3.05, 3.63) is 66.4 Å². The number of furan rings is 1. The third-order valence-electron chi connectivity index (χ3n) is 5.39. The van der Waals surface area contributed by atoms with Crippen molar-refractivity contribution in [1.82, 2.24) is 15.1 Å². The van der Waals surface area contributed by atoms with Crippen molar-refractivity contribution in [2.75, 3.05) is 38.0 Å². The smallest absolute Gasteiger partial charge is 0.289 e. The Morgan fingerprint density at radius 1 is 1.04 bits per heavy atom. The second-order valence-electron chi connectivity index (χ2n) is 7.36. The fraction of sp³-hybridized carbons (Fsp3) is 0.409. The molecule has 0 bridgehead atoms. The van der Waals surface area contributed by atoms with Gasteiger partial charge < -0.3 is 24.9 Å². The second-order valence-corrected chi connectivity index (χ2v) is 7.36. The van der Waals surface area contributed by atoms with Gasteiger partial charge in [-0.3, -0.25) is 4.79 Å². The van der Waals surface area contributed by atoms with Crippen LogP contribution in [0.4, 0.5) is 5.69 Å². The number of benzene rings is 1. The van der Waals surface area contributed by atoms with Crippen LogP contribution in [0.15, 0.2) is 65.0 Å². The Kier molecular flexibility index (Phi) is 5.97. The molecule has 2 N–H and O–H groups in total. The van der Waals surface area contributed by atoms with Gasteiger partial charge in [-0.05, 0) is 49.7 Å². The highest BCUT2D eigenvalue weighted by Gasteiger charge is 2.25. The van der Waals surface area contributed by atoms with Crippen LogP contribution in [0.5, 0.6) is 0 Å². The third kappa shape index (κ3) is 4.57. The molecule has 2 saturated heterocycles. The van der Waals surface area contributed by atoms with Crippen LogP contribution in [-0.4, -0.2) is 54.5 Å². The summed E-state index contributed by atoms with van der Waals surface area (Å²) in [5, 5.41) is 7.19. The predicted octanol–water partition coefficient (Wildman–Crippen LogP) is 3.13. The molecule has 2 aliphatic heterocycles. The highest BCUT2D eigenvalue weighted by molar-refractivity contribution is 5.91. The number of nitrogens with zero attached hydrogens (tertiary/aromatic N) is 2. The summed E-state index contributed by atoms with van der Waals surface area (Å²) in [7, 11) is 0. The molecule has 0 radical (unpaired) electrons. The van der Waals surface area contributed by atoms with Gasteiger partial charge in [0, 0.05) is 37.9 Å². The number of rotatable bonds is 5. The van der Waals surface area contributed by atoms with E-state index in [1.54, 1.807) is 18.4 Å². The van der Waals surface area contributed by atoms with E-state index in [9.17, 15) is 4.79 Å². The first-order valence-electron chi connectivity index (χ1n) is 10.1. The lowest BCUT2D eigenvalue weighted by atomic mass is 10.0. The molecule has 6 heteroatoms. The van der Waals surface area contributed by atoms with Crippen molar-refractivity contribution in [1.29, 1.82) is 0 Å². The van der Waals surface area contributed by atoms with Crippen molar-refractivity contribution in [2.45, 2.75) is 25.3 Å². The molecule has 1 aromatic heterocycles. The highest BCUT2D eigenvalue weighted by Crippen LogP contribution is 2.19. The molecule has 6 nitrogen and oxygen atoms in total. The quantitative estimate of drug-likeness (QED) is 0.835. The van der Waals surface area contributed by atoms with E-state index in [4.69, 9.17) is 4.42 Å². The molecule has 4 rings (SSSR count). The van der Waals surface area contributed by atoms with Crippen molar-refractivity contribution >= 4 is 11.6 Å². The number of amides is 1. The number of carbonyl (C=O) groups is 1. The monoisotopic (exact) mass is 380 g/mol. The first-order valence-corrected chi connectivity index (χ1v) is 10.1. The number of hydrogen-bond donors (Lipinski definition) is 2. The van der Waals surface area contributed by atoms with Crippen LogP contribution in [0.1, 0.15) is 29.8 Å². The van der Waals surface area contributed by atoms with Gasteiger partial charge in [-0.2, -0.15) is 0 Å². The highest BCUT2D eigenvalue weighted by atomic mass is 16.3. The van der Waals surface area contributed by atoms with Gasteiger partial charge in [0.2, 0.25) is 0 Å². The van der Waals surface area contributed by atoms with Crippen LogP contribution in [0.25, 0.3) is 0 Å². The molecule has 0 spiro atoms. The van der Waals surface area contributed by atoms with Crippen LogP contribution in [-0.2, 0) is 0 Å². The number of piperazine rings is 1. The number of para-hydroxylation sites is 1. The summed E-state index contributed by atoms with van der Waals surface area (Å²) in [6, 6.07) is 14.1. The molecule has 1 aromatic carbocycles. The van der Waals surface area contributed by atoms with Gasteiger partial charge in [0.25, 0.3) is 5.91 Å². The molecular formula is C22H28N4O2. The predicted molar refractivity (Wildman–Crippen MR) is 110 cm³/mol. The zero-order valence-corrected chi connectivity index (χ0v) is 16.1. The molecule has 2 fully saturated rings. The Bertz CT molecular complexity index is 774. The zero-order chi connectivity index (χ0) is 19.2. The van der Waals surface area contributed by atoms with Gasteiger partial charge in [-0.1, -0.05) is 24.6 Å². The lowest BCUT2D eigenvalue weighted by Gasteiger charge is -2.38. The normalized spacial score (nSPS) is 20.9. The third-order valence-corrected chi connectivity index (χ3v) is 5.39. The van der Waals surface area contributed by atoms with Crippen LogP contribution < -0.4 is 10.6 Å². The van der Waals surface area contributed by atoms with E-state index in [0.717, 1.165) is 37.6 Å². The number of hydrogen-bond acceptors (Lipinski definition) is 5. The van der Waals surface area contributed by atoms with Crippen LogP contribution in [0.3, 0.4) is 0 Å². The molecule has 3 heterocycles. The minimum atomic E-state index is -0.0276.